The van der Waals surface area contributed by atoms with E-state index in [1.54, 1.807) is 18.2 Å². The number of hydrazine groups is 1. The van der Waals surface area contributed by atoms with Gasteiger partial charge in [-0.2, -0.15) is 0 Å². The van der Waals surface area contributed by atoms with E-state index in [1.807, 2.05) is 28.0 Å². The SMILES string of the molecule is NNC(=O)CN(c1ccccc1I)S(=O)(=O)c1cccc([N+](=O)[O-])c1. The topological polar surface area (TPSA) is 136 Å². The number of sulfonamides is 1. The first kappa shape index (κ1) is 19.1. The molecule has 0 aliphatic rings. The van der Waals surface area contributed by atoms with Gasteiger partial charge in [0.1, 0.15) is 6.54 Å². The molecular formula is C14H13IN4O5S. The number of nitrogens with zero attached hydrogens (tertiary/aromatic N) is 2. The summed E-state index contributed by atoms with van der Waals surface area (Å²) >= 11 is 1.93. The fourth-order valence-corrected chi connectivity index (χ4v) is 4.34. The molecular weight excluding hydrogens is 463 g/mol. The van der Waals surface area contributed by atoms with Crippen molar-refractivity contribution in [3.05, 3.63) is 62.2 Å². The van der Waals surface area contributed by atoms with Crippen molar-refractivity contribution >= 4 is 49.9 Å². The third-order valence-electron chi connectivity index (χ3n) is 3.19. The Bertz CT molecular complexity index is 919. The lowest BCUT2D eigenvalue weighted by Gasteiger charge is -2.24. The average Bonchev–Trinajstić information content (AvgIpc) is 2.60. The third-order valence-corrected chi connectivity index (χ3v) is 5.85. The van der Waals surface area contributed by atoms with Gasteiger partial charge in [0.25, 0.3) is 21.6 Å². The number of non-ortho nitro benzene ring substituents is 1. The largest absolute Gasteiger partial charge is 0.293 e. The Morgan fingerprint density at radius 1 is 1.24 bits per heavy atom. The summed E-state index contributed by atoms with van der Waals surface area (Å²) < 4.78 is 27.4. The van der Waals surface area contributed by atoms with Gasteiger partial charge in [-0.1, -0.05) is 18.2 Å². The molecule has 2 rings (SSSR count). The number of para-hydroxylation sites is 1. The number of amides is 1. The number of carbonyl (C=O) groups excluding carboxylic acids is 1. The van der Waals surface area contributed by atoms with Gasteiger partial charge < -0.3 is 0 Å². The maximum atomic E-state index is 13.0. The minimum atomic E-state index is -4.23. The number of nitrogens with one attached hydrogen (secondary N) is 1. The van der Waals surface area contributed by atoms with Crippen molar-refractivity contribution in [2.45, 2.75) is 4.90 Å². The number of halogens is 1. The first-order valence-electron chi connectivity index (χ1n) is 6.78. The van der Waals surface area contributed by atoms with Crippen molar-refractivity contribution in [2.24, 2.45) is 5.84 Å². The van der Waals surface area contributed by atoms with Crippen molar-refractivity contribution in [3.8, 4) is 0 Å². The smallest absolute Gasteiger partial charge is 0.270 e. The molecule has 0 heterocycles. The van der Waals surface area contributed by atoms with E-state index >= 15 is 0 Å². The van der Waals surface area contributed by atoms with Gasteiger partial charge in [0.05, 0.1) is 15.5 Å². The molecule has 0 saturated carbocycles. The van der Waals surface area contributed by atoms with Crippen molar-refractivity contribution in [3.63, 3.8) is 0 Å². The summed E-state index contributed by atoms with van der Waals surface area (Å²) in [5, 5.41) is 10.9. The van der Waals surface area contributed by atoms with Gasteiger partial charge in [0.2, 0.25) is 0 Å². The molecule has 3 N–H and O–H groups in total. The van der Waals surface area contributed by atoms with Crippen LogP contribution in [0.1, 0.15) is 0 Å². The second kappa shape index (κ2) is 7.76. The normalized spacial score (nSPS) is 11.0. The molecule has 0 saturated heterocycles. The maximum Gasteiger partial charge on any atom is 0.270 e. The van der Waals surface area contributed by atoms with Crippen LogP contribution in [-0.4, -0.2) is 25.8 Å². The highest BCUT2D eigenvalue weighted by atomic mass is 127. The first-order valence-corrected chi connectivity index (χ1v) is 9.30. The van der Waals surface area contributed by atoms with Crippen LogP contribution in [0.2, 0.25) is 0 Å². The number of carbonyl (C=O) groups is 1. The van der Waals surface area contributed by atoms with Crippen molar-refractivity contribution in [1.82, 2.24) is 5.43 Å². The number of rotatable bonds is 6. The molecule has 132 valence electrons. The minimum Gasteiger partial charge on any atom is -0.293 e. The van der Waals surface area contributed by atoms with E-state index in [9.17, 15) is 23.3 Å². The van der Waals surface area contributed by atoms with Crippen LogP contribution in [0.15, 0.2) is 53.4 Å². The van der Waals surface area contributed by atoms with Gasteiger partial charge in [-0.25, -0.2) is 14.3 Å². The summed E-state index contributed by atoms with van der Waals surface area (Å²) in [5.41, 5.74) is 1.78. The van der Waals surface area contributed by atoms with Crippen LogP contribution in [0.25, 0.3) is 0 Å². The molecule has 0 spiro atoms. The van der Waals surface area contributed by atoms with Gasteiger partial charge in [0, 0.05) is 15.7 Å². The Hall–Kier alpha value is -2.25. The van der Waals surface area contributed by atoms with E-state index in [0.717, 1.165) is 10.4 Å². The van der Waals surface area contributed by atoms with Crippen LogP contribution < -0.4 is 15.6 Å². The lowest BCUT2D eigenvalue weighted by Crippen LogP contribution is -2.43. The summed E-state index contributed by atoms with van der Waals surface area (Å²) in [4.78, 5) is 21.6. The second-order valence-corrected chi connectivity index (χ2v) is 7.81. The molecule has 0 aliphatic carbocycles. The van der Waals surface area contributed by atoms with E-state index in [-0.39, 0.29) is 16.3 Å². The van der Waals surface area contributed by atoms with Crippen molar-refractivity contribution in [2.75, 3.05) is 10.8 Å². The van der Waals surface area contributed by atoms with Crippen LogP contribution in [0.4, 0.5) is 11.4 Å². The summed E-state index contributed by atoms with van der Waals surface area (Å²) in [6.45, 7) is -0.568. The molecule has 9 nitrogen and oxygen atoms in total. The number of hydrogen-bond acceptors (Lipinski definition) is 6. The van der Waals surface area contributed by atoms with Gasteiger partial charge in [0.15, 0.2) is 0 Å². The van der Waals surface area contributed by atoms with Gasteiger partial charge in [-0.15, -0.1) is 0 Å². The number of hydrogen-bond donors (Lipinski definition) is 2. The standard InChI is InChI=1S/C14H13IN4O5S/c15-12-6-1-2-7-13(12)18(9-14(20)17-16)25(23,24)11-5-3-4-10(8-11)19(21)22/h1-8H,9,16H2,(H,17,20). The highest BCUT2D eigenvalue weighted by Crippen LogP contribution is 2.29. The number of nitrogens with two attached hydrogens (primary N) is 1. The lowest BCUT2D eigenvalue weighted by atomic mass is 10.3. The zero-order valence-corrected chi connectivity index (χ0v) is 15.6. The van der Waals surface area contributed by atoms with Crippen LogP contribution in [0, 0.1) is 13.7 Å². The average molecular weight is 476 g/mol. The highest BCUT2D eigenvalue weighted by Gasteiger charge is 2.29. The molecule has 1 amide bonds. The molecule has 0 fully saturated rings. The number of nitro groups is 1. The molecule has 25 heavy (non-hydrogen) atoms. The summed E-state index contributed by atoms with van der Waals surface area (Å²) in [5.74, 6) is 4.34. The quantitative estimate of drug-likeness (QED) is 0.213. The molecule has 0 aromatic heterocycles. The zero-order chi connectivity index (χ0) is 18.6. The van der Waals surface area contributed by atoms with E-state index in [4.69, 9.17) is 5.84 Å². The van der Waals surface area contributed by atoms with Crippen molar-refractivity contribution in [1.29, 1.82) is 0 Å². The molecule has 0 aliphatic heterocycles. The van der Waals surface area contributed by atoms with Gasteiger partial charge >= 0.3 is 0 Å². The molecule has 0 atom stereocenters. The number of nitro benzene ring substituents is 1. The van der Waals surface area contributed by atoms with Crippen LogP contribution in [-0.2, 0) is 14.8 Å². The Morgan fingerprint density at radius 2 is 1.92 bits per heavy atom. The fourth-order valence-electron chi connectivity index (χ4n) is 2.01. The zero-order valence-electron chi connectivity index (χ0n) is 12.6. The summed E-state index contributed by atoms with van der Waals surface area (Å²) in [7, 11) is -4.23. The van der Waals surface area contributed by atoms with Crippen LogP contribution in [0.3, 0.4) is 0 Å². The second-order valence-electron chi connectivity index (χ2n) is 4.79. The van der Waals surface area contributed by atoms with Crippen molar-refractivity contribution < 1.29 is 18.1 Å². The van der Waals surface area contributed by atoms with Gasteiger partial charge in [-0.3, -0.25) is 24.6 Å². The third kappa shape index (κ3) is 4.24. The predicted molar refractivity (Wildman–Crippen MR) is 99.1 cm³/mol. The molecule has 0 bridgehead atoms. The highest BCUT2D eigenvalue weighted by molar-refractivity contribution is 14.1. The Balaban J connectivity index is 2.59. The molecule has 2 aromatic carbocycles. The molecule has 2 aromatic rings. The van der Waals surface area contributed by atoms with Crippen LogP contribution >= 0.6 is 22.6 Å². The van der Waals surface area contributed by atoms with E-state index in [1.165, 1.54) is 24.3 Å². The summed E-state index contributed by atoms with van der Waals surface area (Å²) in [6.07, 6.45) is 0. The van der Waals surface area contributed by atoms with E-state index in [0.29, 0.717) is 3.57 Å². The summed E-state index contributed by atoms with van der Waals surface area (Å²) in [6, 6.07) is 11.2. The number of anilines is 1. The first-order chi connectivity index (χ1) is 11.8. The Kier molecular flexibility index (Phi) is 5.92. The molecule has 0 unspecified atom stereocenters. The van der Waals surface area contributed by atoms with Gasteiger partial charge in [-0.05, 0) is 40.8 Å². The lowest BCUT2D eigenvalue weighted by molar-refractivity contribution is -0.385. The minimum absolute atomic E-state index is 0.262. The maximum absolute atomic E-state index is 13.0. The Morgan fingerprint density at radius 3 is 2.52 bits per heavy atom. The monoisotopic (exact) mass is 476 g/mol. The predicted octanol–water partition coefficient (Wildman–Crippen LogP) is 1.38. The Labute approximate surface area is 157 Å². The fraction of sp³-hybridized carbons (Fsp3) is 0.0714. The van der Waals surface area contributed by atoms with E-state index in [2.05, 4.69) is 0 Å². The van der Waals surface area contributed by atoms with Crippen LogP contribution in [0.5, 0.6) is 0 Å². The molecule has 11 heteroatoms. The number of benzene rings is 2. The van der Waals surface area contributed by atoms with E-state index < -0.39 is 27.4 Å². The molecule has 0 radical (unpaired) electrons.